The quantitative estimate of drug-likeness (QED) is 0.375. The maximum absolute atomic E-state index is 11.8. The Morgan fingerprint density at radius 2 is 1.67 bits per heavy atom. The first kappa shape index (κ1) is 16.4. The largest absolute Gasteiger partial charge is 0.466 e. The number of esters is 2. The molecule has 1 unspecified atom stereocenters. The smallest absolute Gasteiger partial charge is 0.316 e. The van der Waals surface area contributed by atoms with Crippen LogP contribution in [0.3, 0.4) is 0 Å². The Morgan fingerprint density at radius 3 is 2.11 bits per heavy atom. The predicted molar refractivity (Wildman–Crippen MR) is 65.8 cm³/mol. The molecule has 0 saturated heterocycles. The van der Waals surface area contributed by atoms with Crippen LogP contribution in [0.1, 0.15) is 33.6 Å². The molecule has 0 rings (SSSR count). The van der Waals surface area contributed by atoms with E-state index in [0.717, 1.165) is 0 Å². The highest BCUT2D eigenvalue weighted by molar-refractivity contribution is 6.06. The summed E-state index contributed by atoms with van der Waals surface area (Å²) in [5.74, 6) is -2.70. The van der Waals surface area contributed by atoms with Crippen LogP contribution in [-0.4, -0.2) is 30.9 Å². The number of carbonyl (C=O) groups excluding carboxylic acids is 3. The highest BCUT2D eigenvalue weighted by Crippen LogP contribution is 2.15. The predicted octanol–water partition coefficient (Wildman–Crippen LogP) is 1.65. The monoisotopic (exact) mass is 256 g/mol. The molecule has 5 nitrogen and oxygen atoms in total. The Morgan fingerprint density at radius 1 is 1.11 bits per heavy atom. The number of rotatable bonds is 8. The summed E-state index contributed by atoms with van der Waals surface area (Å²) in [6.07, 6.45) is -0.221. The van der Waals surface area contributed by atoms with Gasteiger partial charge in [-0.05, 0) is 27.2 Å². The molecular weight excluding hydrogens is 236 g/mol. The van der Waals surface area contributed by atoms with Gasteiger partial charge in [0, 0.05) is 0 Å². The minimum absolute atomic E-state index is 0.192. The van der Waals surface area contributed by atoms with Crippen LogP contribution in [-0.2, 0) is 23.9 Å². The van der Waals surface area contributed by atoms with Gasteiger partial charge in [0.2, 0.25) is 0 Å². The molecule has 0 aliphatic rings. The number of carbonyl (C=O) groups is 3. The molecule has 0 aliphatic heterocycles. The second-order valence-corrected chi connectivity index (χ2v) is 3.91. The Labute approximate surface area is 107 Å². The van der Waals surface area contributed by atoms with E-state index in [1.165, 1.54) is 0 Å². The Bertz CT molecular complexity index is 332. The summed E-state index contributed by atoms with van der Waals surface area (Å²) < 4.78 is 9.49. The fourth-order valence-electron chi connectivity index (χ4n) is 1.40. The number of hydrogen-bond acceptors (Lipinski definition) is 5. The van der Waals surface area contributed by atoms with Gasteiger partial charge in [0.05, 0.1) is 13.2 Å². The first-order chi connectivity index (χ1) is 8.42. The lowest BCUT2D eigenvalue weighted by Crippen LogP contribution is -2.28. The van der Waals surface area contributed by atoms with Crippen molar-refractivity contribution in [1.29, 1.82) is 0 Å². The standard InChI is InChI=1S/C13H20O5/c1-5-17-12(15)8-11(14)10(7-9(3)4)13(16)18-6-2/h10H,3,5-8H2,1-2,4H3. The maximum atomic E-state index is 11.8. The van der Waals surface area contributed by atoms with Gasteiger partial charge >= 0.3 is 11.9 Å². The summed E-state index contributed by atoms with van der Waals surface area (Å²) in [4.78, 5) is 34.7. The van der Waals surface area contributed by atoms with E-state index in [1.807, 2.05) is 0 Å². The minimum Gasteiger partial charge on any atom is -0.466 e. The van der Waals surface area contributed by atoms with Gasteiger partial charge in [-0.2, -0.15) is 0 Å². The van der Waals surface area contributed by atoms with Gasteiger partial charge in [-0.15, -0.1) is 6.58 Å². The van der Waals surface area contributed by atoms with Crippen molar-refractivity contribution in [2.24, 2.45) is 5.92 Å². The van der Waals surface area contributed by atoms with Gasteiger partial charge in [0.15, 0.2) is 5.78 Å². The van der Waals surface area contributed by atoms with E-state index in [4.69, 9.17) is 4.74 Å². The molecule has 0 N–H and O–H groups in total. The highest BCUT2D eigenvalue weighted by Gasteiger charge is 2.29. The van der Waals surface area contributed by atoms with Crippen molar-refractivity contribution in [3.05, 3.63) is 12.2 Å². The normalized spacial score (nSPS) is 11.5. The van der Waals surface area contributed by atoms with Crippen molar-refractivity contribution >= 4 is 17.7 Å². The summed E-state index contributed by atoms with van der Waals surface area (Å²) >= 11 is 0. The first-order valence-corrected chi connectivity index (χ1v) is 5.91. The third kappa shape index (κ3) is 6.18. The second-order valence-electron chi connectivity index (χ2n) is 3.91. The van der Waals surface area contributed by atoms with Gasteiger partial charge < -0.3 is 9.47 Å². The van der Waals surface area contributed by atoms with Gasteiger partial charge in [-0.1, -0.05) is 5.57 Å². The zero-order chi connectivity index (χ0) is 14.1. The van der Waals surface area contributed by atoms with E-state index >= 15 is 0 Å². The number of allylic oxidation sites excluding steroid dienone is 1. The Kier molecular flexibility index (Phi) is 7.67. The lowest BCUT2D eigenvalue weighted by Gasteiger charge is -2.14. The van der Waals surface area contributed by atoms with E-state index in [1.54, 1.807) is 20.8 Å². The van der Waals surface area contributed by atoms with E-state index in [0.29, 0.717) is 5.57 Å². The number of hydrogen-bond donors (Lipinski definition) is 0. The molecule has 0 fully saturated rings. The molecule has 0 aliphatic carbocycles. The van der Waals surface area contributed by atoms with Crippen LogP contribution in [0.5, 0.6) is 0 Å². The molecule has 0 heterocycles. The van der Waals surface area contributed by atoms with Crippen LogP contribution in [0.4, 0.5) is 0 Å². The van der Waals surface area contributed by atoms with Crippen LogP contribution in [0.15, 0.2) is 12.2 Å². The van der Waals surface area contributed by atoms with Crippen LogP contribution < -0.4 is 0 Å². The summed E-state index contributed by atoms with van der Waals surface area (Å²) in [5.41, 5.74) is 0.685. The molecule has 5 heteroatoms. The molecule has 0 bridgehead atoms. The fraction of sp³-hybridized carbons (Fsp3) is 0.615. The molecule has 0 radical (unpaired) electrons. The lowest BCUT2D eigenvalue weighted by molar-refractivity contribution is -0.153. The van der Waals surface area contributed by atoms with Crippen molar-refractivity contribution in [1.82, 2.24) is 0 Å². The summed E-state index contributed by atoms with van der Waals surface area (Å²) in [5, 5.41) is 0. The fourth-order valence-corrected chi connectivity index (χ4v) is 1.40. The van der Waals surface area contributed by atoms with Gasteiger partial charge in [-0.25, -0.2) is 0 Å². The first-order valence-electron chi connectivity index (χ1n) is 5.91. The average Bonchev–Trinajstić information content (AvgIpc) is 2.25. The van der Waals surface area contributed by atoms with Crippen LogP contribution >= 0.6 is 0 Å². The van der Waals surface area contributed by atoms with E-state index in [-0.39, 0.29) is 19.6 Å². The molecule has 1 atom stereocenters. The summed E-state index contributed by atoms with van der Waals surface area (Å²) in [6.45, 7) is 9.08. The lowest BCUT2D eigenvalue weighted by atomic mass is 9.94. The van der Waals surface area contributed by atoms with Crippen LogP contribution in [0.25, 0.3) is 0 Å². The molecule has 0 aromatic heterocycles. The Balaban J connectivity index is 4.63. The number of ketones is 1. The Hall–Kier alpha value is -1.65. The molecule has 0 spiro atoms. The minimum atomic E-state index is -0.966. The zero-order valence-corrected chi connectivity index (χ0v) is 11.2. The second kappa shape index (κ2) is 8.44. The molecule has 0 amide bonds. The SMILES string of the molecule is C=C(C)CC(C(=O)CC(=O)OCC)C(=O)OCC. The summed E-state index contributed by atoms with van der Waals surface area (Å²) in [7, 11) is 0. The van der Waals surface area contributed by atoms with Crippen molar-refractivity contribution < 1.29 is 23.9 Å². The third-order valence-electron chi connectivity index (χ3n) is 2.14. The topological polar surface area (TPSA) is 69.7 Å². The number of Topliss-reactive ketones (excluding diaryl/α,β-unsaturated/α-hetero) is 1. The summed E-state index contributed by atoms with van der Waals surface area (Å²) in [6, 6.07) is 0. The van der Waals surface area contributed by atoms with Crippen LogP contribution in [0.2, 0.25) is 0 Å². The molecular formula is C13H20O5. The van der Waals surface area contributed by atoms with Crippen molar-refractivity contribution in [3.8, 4) is 0 Å². The molecule has 18 heavy (non-hydrogen) atoms. The maximum Gasteiger partial charge on any atom is 0.316 e. The van der Waals surface area contributed by atoms with E-state index < -0.39 is 30.1 Å². The molecule has 0 saturated carbocycles. The van der Waals surface area contributed by atoms with E-state index in [9.17, 15) is 14.4 Å². The van der Waals surface area contributed by atoms with Crippen molar-refractivity contribution in [2.45, 2.75) is 33.6 Å². The third-order valence-corrected chi connectivity index (χ3v) is 2.14. The molecule has 0 aromatic rings. The zero-order valence-electron chi connectivity index (χ0n) is 11.2. The van der Waals surface area contributed by atoms with Gasteiger partial charge in [-0.3, -0.25) is 14.4 Å². The highest BCUT2D eigenvalue weighted by atomic mass is 16.5. The average molecular weight is 256 g/mol. The van der Waals surface area contributed by atoms with Crippen LogP contribution in [0, 0.1) is 5.92 Å². The molecule has 102 valence electrons. The van der Waals surface area contributed by atoms with Gasteiger partial charge in [0.25, 0.3) is 0 Å². The van der Waals surface area contributed by atoms with E-state index in [2.05, 4.69) is 11.3 Å². The number of ether oxygens (including phenoxy) is 2. The van der Waals surface area contributed by atoms with Crippen molar-refractivity contribution in [2.75, 3.05) is 13.2 Å². The van der Waals surface area contributed by atoms with Crippen molar-refractivity contribution in [3.63, 3.8) is 0 Å². The molecule has 0 aromatic carbocycles. The van der Waals surface area contributed by atoms with Gasteiger partial charge in [0.1, 0.15) is 12.3 Å².